The summed E-state index contributed by atoms with van der Waals surface area (Å²) in [6.07, 6.45) is 0.665. The van der Waals surface area contributed by atoms with Crippen LogP contribution in [0.1, 0.15) is 17.0 Å². The minimum absolute atomic E-state index is 0.123. The summed E-state index contributed by atoms with van der Waals surface area (Å²) in [5, 5.41) is 13.4. The van der Waals surface area contributed by atoms with Gasteiger partial charge in [0.15, 0.2) is 0 Å². The SMILES string of the molecule is OCc1noc(Cc2ccccc2)c1-c1ccccc1. The smallest absolute Gasteiger partial charge is 0.149 e. The third-order valence-corrected chi connectivity index (χ3v) is 3.25. The molecule has 0 saturated carbocycles. The lowest BCUT2D eigenvalue weighted by molar-refractivity contribution is 0.265. The van der Waals surface area contributed by atoms with Crippen LogP contribution in [-0.2, 0) is 13.0 Å². The highest BCUT2D eigenvalue weighted by atomic mass is 16.5. The summed E-state index contributed by atoms with van der Waals surface area (Å²) in [6, 6.07) is 20.0. The van der Waals surface area contributed by atoms with E-state index in [-0.39, 0.29) is 6.61 Å². The third-order valence-electron chi connectivity index (χ3n) is 3.25. The average Bonchev–Trinajstić information content (AvgIpc) is 2.92. The van der Waals surface area contributed by atoms with Gasteiger partial charge in [-0.1, -0.05) is 65.8 Å². The summed E-state index contributed by atoms with van der Waals surface area (Å²) in [6.45, 7) is -0.123. The van der Waals surface area contributed by atoms with Crippen LogP contribution in [0.3, 0.4) is 0 Å². The van der Waals surface area contributed by atoms with E-state index in [0.29, 0.717) is 12.1 Å². The molecule has 0 aliphatic carbocycles. The molecule has 0 aliphatic heterocycles. The Morgan fingerprint density at radius 2 is 1.55 bits per heavy atom. The Hall–Kier alpha value is -2.39. The number of nitrogens with zero attached hydrogens (tertiary/aromatic N) is 1. The lowest BCUT2D eigenvalue weighted by Crippen LogP contribution is -1.92. The van der Waals surface area contributed by atoms with E-state index in [9.17, 15) is 5.11 Å². The van der Waals surface area contributed by atoms with Gasteiger partial charge in [-0.25, -0.2) is 0 Å². The first-order valence-electron chi connectivity index (χ1n) is 6.56. The summed E-state index contributed by atoms with van der Waals surface area (Å²) >= 11 is 0. The van der Waals surface area contributed by atoms with Gasteiger partial charge in [0.1, 0.15) is 11.5 Å². The number of hydrogen-bond donors (Lipinski definition) is 1. The molecule has 3 rings (SSSR count). The molecule has 0 atom stereocenters. The summed E-state index contributed by atoms with van der Waals surface area (Å²) in [7, 11) is 0. The van der Waals surface area contributed by atoms with Crippen molar-refractivity contribution < 1.29 is 9.63 Å². The lowest BCUT2D eigenvalue weighted by Gasteiger charge is -2.03. The Kier molecular flexibility index (Phi) is 3.61. The number of aliphatic hydroxyl groups excluding tert-OH is 1. The van der Waals surface area contributed by atoms with Crippen LogP contribution in [0.25, 0.3) is 11.1 Å². The molecule has 0 radical (unpaired) electrons. The van der Waals surface area contributed by atoms with Gasteiger partial charge in [-0.05, 0) is 11.1 Å². The zero-order chi connectivity index (χ0) is 13.8. The highest BCUT2D eigenvalue weighted by Gasteiger charge is 2.17. The molecule has 20 heavy (non-hydrogen) atoms. The highest BCUT2D eigenvalue weighted by molar-refractivity contribution is 5.68. The molecule has 0 spiro atoms. The number of aliphatic hydroxyl groups is 1. The fourth-order valence-corrected chi connectivity index (χ4v) is 2.30. The fraction of sp³-hybridized carbons (Fsp3) is 0.118. The predicted molar refractivity (Wildman–Crippen MR) is 77.1 cm³/mol. The number of hydrogen-bond acceptors (Lipinski definition) is 3. The molecule has 1 heterocycles. The van der Waals surface area contributed by atoms with Crippen molar-refractivity contribution in [2.24, 2.45) is 0 Å². The van der Waals surface area contributed by atoms with E-state index in [1.165, 1.54) is 0 Å². The first kappa shape index (κ1) is 12.6. The number of aromatic nitrogens is 1. The molecule has 0 saturated heterocycles. The van der Waals surface area contributed by atoms with Gasteiger partial charge < -0.3 is 9.63 Å². The molecule has 1 N–H and O–H groups in total. The molecular weight excluding hydrogens is 250 g/mol. The maximum Gasteiger partial charge on any atom is 0.149 e. The Morgan fingerprint density at radius 3 is 2.20 bits per heavy atom. The Balaban J connectivity index is 2.02. The van der Waals surface area contributed by atoms with Gasteiger partial charge in [-0.2, -0.15) is 0 Å². The summed E-state index contributed by atoms with van der Waals surface area (Å²) in [4.78, 5) is 0. The standard InChI is InChI=1S/C17H15NO2/c19-12-15-17(14-9-5-2-6-10-14)16(20-18-15)11-13-7-3-1-4-8-13/h1-10,19H,11-12H2. The summed E-state index contributed by atoms with van der Waals surface area (Å²) in [5.74, 6) is 0.784. The summed E-state index contributed by atoms with van der Waals surface area (Å²) < 4.78 is 5.44. The first-order valence-corrected chi connectivity index (χ1v) is 6.56. The largest absolute Gasteiger partial charge is 0.390 e. The minimum atomic E-state index is -0.123. The molecule has 100 valence electrons. The van der Waals surface area contributed by atoms with E-state index < -0.39 is 0 Å². The second-order valence-corrected chi connectivity index (χ2v) is 4.61. The molecule has 0 aliphatic rings. The van der Waals surface area contributed by atoms with E-state index >= 15 is 0 Å². The van der Waals surface area contributed by atoms with Gasteiger partial charge in [-0.15, -0.1) is 0 Å². The van der Waals surface area contributed by atoms with Gasteiger partial charge in [0, 0.05) is 6.42 Å². The number of benzene rings is 2. The van der Waals surface area contributed by atoms with E-state index in [1.54, 1.807) is 0 Å². The van der Waals surface area contributed by atoms with Crippen LogP contribution in [-0.4, -0.2) is 10.3 Å². The van der Waals surface area contributed by atoms with Crippen molar-refractivity contribution in [2.45, 2.75) is 13.0 Å². The topological polar surface area (TPSA) is 46.3 Å². The molecule has 0 unspecified atom stereocenters. The molecule has 0 amide bonds. The van der Waals surface area contributed by atoms with Crippen LogP contribution in [0.2, 0.25) is 0 Å². The monoisotopic (exact) mass is 265 g/mol. The molecular formula is C17H15NO2. The minimum Gasteiger partial charge on any atom is -0.390 e. The van der Waals surface area contributed by atoms with Crippen LogP contribution in [0.15, 0.2) is 65.2 Å². The third kappa shape index (κ3) is 2.49. The molecule has 3 nitrogen and oxygen atoms in total. The molecule has 3 heteroatoms. The zero-order valence-electron chi connectivity index (χ0n) is 11.0. The van der Waals surface area contributed by atoms with Crippen molar-refractivity contribution >= 4 is 0 Å². The number of rotatable bonds is 4. The molecule has 0 fully saturated rings. The van der Waals surface area contributed by atoms with Gasteiger partial charge in [0.2, 0.25) is 0 Å². The van der Waals surface area contributed by atoms with Gasteiger partial charge >= 0.3 is 0 Å². The fourth-order valence-electron chi connectivity index (χ4n) is 2.30. The average molecular weight is 265 g/mol. The predicted octanol–water partition coefficient (Wildman–Crippen LogP) is 3.42. The van der Waals surface area contributed by atoms with Crippen molar-refractivity contribution in [2.75, 3.05) is 0 Å². The molecule has 0 bridgehead atoms. The van der Waals surface area contributed by atoms with E-state index in [1.807, 2.05) is 48.5 Å². The second-order valence-electron chi connectivity index (χ2n) is 4.61. The Bertz CT molecular complexity index is 675. The van der Waals surface area contributed by atoms with Crippen molar-refractivity contribution in [3.8, 4) is 11.1 Å². The van der Waals surface area contributed by atoms with E-state index in [0.717, 1.165) is 22.5 Å². The second kappa shape index (κ2) is 5.72. The normalized spacial score (nSPS) is 10.7. The molecule has 2 aromatic carbocycles. The summed E-state index contributed by atoms with van der Waals surface area (Å²) in [5.41, 5.74) is 3.66. The van der Waals surface area contributed by atoms with Crippen LogP contribution in [0.5, 0.6) is 0 Å². The van der Waals surface area contributed by atoms with Gasteiger partial charge in [0.05, 0.1) is 12.2 Å². The zero-order valence-corrected chi connectivity index (χ0v) is 11.0. The molecule has 1 aromatic heterocycles. The van der Waals surface area contributed by atoms with Gasteiger partial charge in [-0.3, -0.25) is 0 Å². The van der Waals surface area contributed by atoms with Crippen LogP contribution in [0, 0.1) is 0 Å². The van der Waals surface area contributed by atoms with Crippen molar-refractivity contribution in [1.29, 1.82) is 0 Å². The van der Waals surface area contributed by atoms with Gasteiger partial charge in [0.25, 0.3) is 0 Å². The molecule has 3 aromatic rings. The van der Waals surface area contributed by atoms with Crippen molar-refractivity contribution in [1.82, 2.24) is 5.16 Å². The maximum absolute atomic E-state index is 9.44. The van der Waals surface area contributed by atoms with Crippen LogP contribution >= 0.6 is 0 Å². The maximum atomic E-state index is 9.44. The lowest BCUT2D eigenvalue weighted by atomic mass is 10.00. The van der Waals surface area contributed by atoms with E-state index in [4.69, 9.17) is 4.52 Å². The van der Waals surface area contributed by atoms with Crippen LogP contribution in [0.4, 0.5) is 0 Å². The van der Waals surface area contributed by atoms with Crippen molar-refractivity contribution in [3.63, 3.8) is 0 Å². The Labute approximate surface area is 117 Å². The first-order chi connectivity index (χ1) is 9.88. The van der Waals surface area contributed by atoms with Crippen LogP contribution < -0.4 is 0 Å². The van der Waals surface area contributed by atoms with Crippen molar-refractivity contribution in [3.05, 3.63) is 77.7 Å². The quantitative estimate of drug-likeness (QED) is 0.786. The highest BCUT2D eigenvalue weighted by Crippen LogP contribution is 2.29. The Morgan fingerprint density at radius 1 is 0.900 bits per heavy atom. The van der Waals surface area contributed by atoms with E-state index in [2.05, 4.69) is 17.3 Å².